The van der Waals surface area contributed by atoms with Crippen molar-refractivity contribution in [1.82, 2.24) is 9.97 Å². The van der Waals surface area contributed by atoms with Crippen molar-refractivity contribution in [3.05, 3.63) is 40.7 Å². The van der Waals surface area contributed by atoms with E-state index in [1.807, 2.05) is 26.0 Å². The summed E-state index contributed by atoms with van der Waals surface area (Å²) in [5.41, 5.74) is 1.99. The van der Waals surface area contributed by atoms with Crippen molar-refractivity contribution < 1.29 is 9.53 Å². The number of carbonyl (C=O) groups is 1. The van der Waals surface area contributed by atoms with Crippen LogP contribution in [0, 0.1) is 0 Å². The summed E-state index contributed by atoms with van der Waals surface area (Å²) in [5, 5.41) is 0.660. The molecule has 2 aromatic rings. The topological polar surface area (TPSA) is 55.0 Å². The molecule has 0 radical (unpaired) electrons. The van der Waals surface area contributed by atoms with Crippen molar-refractivity contribution in [1.29, 1.82) is 0 Å². The number of halogens is 1. The fraction of sp³-hybridized carbons (Fsp3) is 0.286. The highest BCUT2D eigenvalue weighted by Crippen LogP contribution is 2.24. The number of benzene rings is 1. The lowest BCUT2D eigenvalue weighted by Gasteiger charge is -2.03. The third-order valence-corrected chi connectivity index (χ3v) is 3.06. The smallest absolute Gasteiger partial charge is 0.358 e. The molecule has 5 heteroatoms. The van der Waals surface area contributed by atoms with E-state index in [0.29, 0.717) is 16.5 Å². The second-order valence-electron chi connectivity index (χ2n) is 4.50. The lowest BCUT2D eigenvalue weighted by atomic mass is 10.1. The normalized spacial score (nSPS) is 10.8. The van der Waals surface area contributed by atoms with E-state index in [1.165, 1.54) is 7.11 Å². The molecule has 1 aromatic carbocycles. The van der Waals surface area contributed by atoms with Crippen molar-refractivity contribution in [2.45, 2.75) is 19.8 Å². The summed E-state index contributed by atoms with van der Waals surface area (Å²) in [7, 11) is 1.35. The first-order valence-electron chi connectivity index (χ1n) is 5.97. The molecule has 0 atom stereocenters. The van der Waals surface area contributed by atoms with Gasteiger partial charge in [0.1, 0.15) is 5.82 Å². The van der Waals surface area contributed by atoms with E-state index in [1.54, 1.807) is 12.1 Å². The number of carbonyl (C=O) groups excluding carboxylic acids is 1. The van der Waals surface area contributed by atoms with Gasteiger partial charge in [-0.15, -0.1) is 0 Å². The first-order valence-corrected chi connectivity index (χ1v) is 6.35. The Morgan fingerprint density at radius 3 is 2.47 bits per heavy atom. The molecule has 100 valence electrons. The Morgan fingerprint density at radius 2 is 1.95 bits per heavy atom. The highest BCUT2D eigenvalue weighted by atomic mass is 35.5. The number of aromatic nitrogens is 2. The zero-order valence-electron chi connectivity index (χ0n) is 11.0. The van der Waals surface area contributed by atoms with Crippen LogP contribution in [0.5, 0.6) is 0 Å². The van der Waals surface area contributed by atoms with Gasteiger partial charge in [-0.05, 0) is 30.2 Å². The van der Waals surface area contributed by atoms with Gasteiger partial charge < -0.3 is 9.72 Å². The van der Waals surface area contributed by atoms with Gasteiger partial charge in [-0.1, -0.05) is 25.4 Å². The molecule has 0 saturated carbocycles. The zero-order valence-corrected chi connectivity index (χ0v) is 11.8. The summed E-state index contributed by atoms with van der Waals surface area (Å²) in [6.07, 6.45) is 0. The minimum Gasteiger partial charge on any atom is -0.464 e. The van der Waals surface area contributed by atoms with Crippen LogP contribution in [0.15, 0.2) is 24.3 Å². The average Bonchev–Trinajstić information content (AvgIpc) is 2.84. The van der Waals surface area contributed by atoms with Gasteiger partial charge in [-0.25, -0.2) is 9.78 Å². The first kappa shape index (κ1) is 13.6. The Kier molecular flexibility index (Phi) is 3.90. The third-order valence-electron chi connectivity index (χ3n) is 2.81. The van der Waals surface area contributed by atoms with Crippen LogP contribution < -0.4 is 0 Å². The molecule has 0 aliphatic rings. The minimum absolute atomic E-state index is 0.155. The van der Waals surface area contributed by atoms with Crippen LogP contribution in [0.25, 0.3) is 11.4 Å². The van der Waals surface area contributed by atoms with Crippen LogP contribution in [0.1, 0.15) is 35.9 Å². The average molecular weight is 279 g/mol. The van der Waals surface area contributed by atoms with Crippen molar-refractivity contribution in [2.75, 3.05) is 7.11 Å². The van der Waals surface area contributed by atoms with Crippen molar-refractivity contribution in [3.63, 3.8) is 0 Å². The summed E-state index contributed by atoms with van der Waals surface area (Å²) >= 11 is 5.85. The summed E-state index contributed by atoms with van der Waals surface area (Å²) in [4.78, 5) is 19.2. The van der Waals surface area contributed by atoms with Gasteiger partial charge in [0.15, 0.2) is 5.69 Å². The summed E-state index contributed by atoms with van der Waals surface area (Å²) in [6, 6.07) is 7.28. The standard InChI is InChI=1S/C14H15ClN2O2/c1-8(2)11-12(14(18)19-3)17-13(16-11)9-4-6-10(15)7-5-9/h4-8H,1-3H3,(H,16,17). The predicted molar refractivity (Wildman–Crippen MR) is 74.5 cm³/mol. The number of aromatic amines is 1. The number of esters is 1. The van der Waals surface area contributed by atoms with Crippen LogP contribution in [0.2, 0.25) is 5.02 Å². The second kappa shape index (κ2) is 5.45. The molecule has 0 spiro atoms. The quantitative estimate of drug-likeness (QED) is 0.872. The molecule has 0 aliphatic heterocycles. The maximum absolute atomic E-state index is 11.7. The SMILES string of the molecule is COC(=O)c1nc(-c2ccc(Cl)cc2)[nH]c1C(C)C. The highest BCUT2D eigenvalue weighted by molar-refractivity contribution is 6.30. The molecule has 1 heterocycles. The van der Waals surface area contributed by atoms with E-state index in [9.17, 15) is 4.79 Å². The maximum atomic E-state index is 11.7. The number of hydrogen-bond acceptors (Lipinski definition) is 3. The number of nitrogens with one attached hydrogen (secondary N) is 1. The monoisotopic (exact) mass is 278 g/mol. The van der Waals surface area contributed by atoms with Crippen molar-refractivity contribution >= 4 is 17.6 Å². The predicted octanol–water partition coefficient (Wildman–Crippen LogP) is 3.64. The fourth-order valence-corrected chi connectivity index (χ4v) is 1.93. The van der Waals surface area contributed by atoms with Crippen LogP contribution in [-0.4, -0.2) is 23.0 Å². The Balaban J connectivity index is 2.48. The Morgan fingerprint density at radius 1 is 1.32 bits per heavy atom. The van der Waals surface area contributed by atoms with E-state index in [2.05, 4.69) is 9.97 Å². The molecular formula is C14H15ClN2O2. The number of methoxy groups -OCH3 is 1. The maximum Gasteiger partial charge on any atom is 0.358 e. The molecule has 0 aliphatic carbocycles. The molecule has 19 heavy (non-hydrogen) atoms. The summed E-state index contributed by atoms with van der Waals surface area (Å²) in [6.45, 7) is 3.98. The number of imidazole rings is 1. The molecule has 0 fully saturated rings. The van der Waals surface area contributed by atoms with Gasteiger partial charge in [-0.3, -0.25) is 0 Å². The van der Waals surface area contributed by atoms with E-state index >= 15 is 0 Å². The van der Waals surface area contributed by atoms with Crippen LogP contribution >= 0.6 is 11.6 Å². The van der Waals surface area contributed by atoms with Crippen LogP contribution in [0.3, 0.4) is 0 Å². The number of rotatable bonds is 3. The Bertz CT molecular complexity index is 588. The van der Waals surface area contributed by atoms with Gasteiger partial charge in [0.2, 0.25) is 0 Å². The summed E-state index contributed by atoms with van der Waals surface area (Å²) in [5.74, 6) is 0.364. The van der Waals surface area contributed by atoms with Gasteiger partial charge in [-0.2, -0.15) is 0 Å². The Hall–Kier alpha value is -1.81. The molecule has 4 nitrogen and oxygen atoms in total. The van der Waals surface area contributed by atoms with Crippen LogP contribution in [0.4, 0.5) is 0 Å². The molecular weight excluding hydrogens is 264 g/mol. The number of H-pyrrole nitrogens is 1. The molecule has 0 amide bonds. The van der Waals surface area contributed by atoms with Gasteiger partial charge in [0.05, 0.1) is 12.8 Å². The van der Waals surface area contributed by atoms with E-state index in [0.717, 1.165) is 11.3 Å². The van der Waals surface area contributed by atoms with Gasteiger partial charge in [0.25, 0.3) is 0 Å². The second-order valence-corrected chi connectivity index (χ2v) is 4.94. The van der Waals surface area contributed by atoms with Crippen molar-refractivity contribution in [3.8, 4) is 11.4 Å². The largest absolute Gasteiger partial charge is 0.464 e. The number of ether oxygens (including phenoxy) is 1. The van der Waals surface area contributed by atoms with Gasteiger partial charge >= 0.3 is 5.97 Å². The molecule has 2 rings (SSSR count). The molecule has 1 aromatic heterocycles. The lowest BCUT2D eigenvalue weighted by molar-refractivity contribution is 0.0593. The molecule has 0 bridgehead atoms. The number of nitrogens with zero attached hydrogens (tertiary/aromatic N) is 1. The highest BCUT2D eigenvalue weighted by Gasteiger charge is 2.20. The van der Waals surface area contributed by atoms with Gasteiger partial charge in [0, 0.05) is 10.6 Å². The molecule has 0 saturated heterocycles. The zero-order chi connectivity index (χ0) is 14.0. The van der Waals surface area contributed by atoms with Crippen molar-refractivity contribution in [2.24, 2.45) is 0 Å². The summed E-state index contributed by atoms with van der Waals surface area (Å²) < 4.78 is 4.75. The van der Waals surface area contributed by atoms with E-state index in [4.69, 9.17) is 16.3 Å². The van der Waals surface area contributed by atoms with E-state index in [-0.39, 0.29) is 5.92 Å². The lowest BCUT2D eigenvalue weighted by Crippen LogP contribution is -2.06. The molecule has 1 N–H and O–H groups in total. The first-order chi connectivity index (χ1) is 9.02. The fourth-order valence-electron chi connectivity index (χ4n) is 1.80. The molecule has 0 unspecified atom stereocenters. The van der Waals surface area contributed by atoms with E-state index < -0.39 is 5.97 Å². The van der Waals surface area contributed by atoms with Crippen LogP contribution in [-0.2, 0) is 4.74 Å². The Labute approximate surface area is 116 Å². The minimum atomic E-state index is -0.430. The third kappa shape index (κ3) is 2.79. The number of hydrogen-bond donors (Lipinski definition) is 1.